The Bertz CT molecular complexity index is 197. The highest BCUT2D eigenvalue weighted by molar-refractivity contribution is 5.43. The van der Waals surface area contributed by atoms with Gasteiger partial charge in [-0.1, -0.05) is 0 Å². The molecule has 59 valence electrons. The highest BCUT2D eigenvalue weighted by Gasteiger charge is 2.10. The van der Waals surface area contributed by atoms with E-state index in [1.165, 1.54) is 38.0 Å². The molecule has 2 nitrogen and oxygen atoms in total. The fourth-order valence-corrected chi connectivity index (χ4v) is 1.60. The largest absolute Gasteiger partial charge is 0.370 e. The predicted octanol–water partition coefficient (Wildman–Crippen LogP) is 1.81. The van der Waals surface area contributed by atoms with Gasteiger partial charge in [0, 0.05) is 19.3 Å². The van der Waals surface area contributed by atoms with Crippen LogP contribution < -0.4 is 4.90 Å². The van der Waals surface area contributed by atoms with Crippen molar-refractivity contribution in [3.05, 3.63) is 18.5 Å². The van der Waals surface area contributed by atoms with Crippen molar-refractivity contribution in [2.45, 2.75) is 19.3 Å². The minimum atomic E-state index is 1.20. The van der Waals surface area contributed by atoms with Gasteiger partial charge in [-0.2, -0.15) is 0 Å². The van der Waals surface area contributed by atoms with Crippen LogP contribution in [-0.2, 0) is 0 Å². The second kappa shape index (κ2) is 2.99. The van der Waals surface area contributed by atoms with E-state index >= 15 is 0 Å². The van der Waals surface area contributed by atoms with E-state index in [0.717, 1.165) is 0 Å². The molecule has 1 aliphatic heterocycles. The van der Waals surface area contributed by atoms with Gasteiger partial charge in [0.05, 0.1) is 11.9 Å². The molecule has 0 aromatic carbocycles. The van der Waals surface area contributed by atoms with Crippen LogP contribution in [0.1, 0.15) is 19.3 Å². The highest BCUT2D eigenvalue weighted by Crippen LogP contribution is 2.17. The maximum absolute atomic E-state index is 3.11. The topological polar surface area (TPSA) is 19.0 Å². The first-order valence-corrected chi connectivity index (χ1v) is 4.27. The number of hydrogen-bond acceptors (Lipinski definition) is 1. The quantitative estimate of drug-likeness (QED) is 0.645. The molecule has 0 unspecified atom stereocenters. The third-order valence-corrected chi connectivity index (χ3v) is 2.22. The van der Waals surface area contributed by atoms with Gasteiger partial charge in [0.2, 0.25) is 0 Å². The van der Waals surface area contributed by atoms with Crippen molar-refractivity contribution in [3.63, 3.8) is 0 Å². The Morgan fingerprint density at radius 3 is 2.73 bits per heavy atom. The Balaban J connectivity index is 2.04. The molecule has 1 aromatic rings. The summed E-state index contributed by atoms with van der Waals surface area (Å²) < 4.78 is 0. The lowest BCUT2D eigenvalue weighted by Crippen LogP contribution is -2.28. The molecular weight excluding hydrogens is 136 g/mol. The molecule has 0 spiro atoms. The average molecular weight is 149 g/mol. The summed E-state index contributed by atoms with van der Waals surface area (Å²) in [5.41, 5.74) is 1.23. The molecule has 0 aliphatic carbocycles. The Morgan fingerprint density at radius 2 is 2.09 bits per heavy atom. The van der Waals surface area contributed by atoms with Gasteiger partial charge in [0.25, 0.3) is 0 Å². The van der Waals surface area contributed by atoms with Crippen LogP contribution >= 0.6 is 0 Å². The fourth-order valence-electron chi connectivity index (χ4n) is 1.60. The molecular formula is C9H13N2. The summed E-state index contributed by atoms with van der Waals surface area (Å²) in [5, 5.41) is 0. The van der Waals surface area contributed by atoms with E-state index in [0.29, 0.717) is 0 Å². The van der Waals surface area contributed by atoms with E-state index in [1.807, 2.05) is 6.20 Å². The molecule has 1 aliphatic rings. The molecule has 2 heteroatoms. The number of piperidine rings is 1. The number of rotatable bonds is 1. The minimum Gasteiger partial charge on any atom is -0.370 e. The number of aromatic nitrogens is 1. The van der Waals surface area contributed by atoms with Crippen molar-refractivity contribution < 1.29 is 0 Å². The number of anilines is 1. The highest BCUT2D eigenvalue weighted by atomic mass is 15.1. The van der Waals surface area contributed by atoms with Gasteiger partial charge >= 0.3 is 0 Å². The maximum atomic E-state index is 3.11. The van der Waals surface area contributed by atoms with Gasteiger partial charge in [0.1, 0.15) is 0 Å². The van der Waals surface area contributed by atoms with Crippen LogP contribution in [0.3, 0.4) is 0 Å². The van der Waals surface area contributed by atoms with Crippen molar-refractivity contribution in [2.24, 2.45) is 0 Å². The molecule has 0 saturated carbocycles. The van der Waals surface area contributed by atoms with Gasteiger partial charge in [0.15, 0.2) is 0 Å². The van der Waals surface area contributed by atoms with Crippen LogP contribution in [0, 0.1) is 6.20 Å². The monoisotopic (exact) mass is 149 g/mol. The van der Waals surface area contributed by atoms with Gasteiger partial charge < -0.3 is 9.88 Å². The molecule has 2 rings (SSSR count). The number of aromatic amines is 1. The van der Waals surface area contributed by atoms with Crippen LogP contribution in [-0.4, -0.2) is 18.1 Å². The lowest BCUT2D eigenvalue weighted by molar-refractivity contribution is 0.578. The molecule has 1 N–H and O–H groups in total. The molecule has 1 fully saturated rings. The van der Waals surface area contributed by atoms with E-state index in [-0.39, 0.29) is 0 Å². The molecule has 1 radical (unpaired) electrons. The fraction of sp³-hybridized carbons (Fsp3) is 0.556. The van der Waals surface area contributed by atoms with Gasteiger partial charge in [-0.15, -0.1) is 0 Å². The van der Waals surface area contributed by atoms with Crippen molar-refractivity contribution >= 4 is 5.69 Å². The third kappa shape index (κ3) is 1.39. The summed E-state index contributed by atoms with van der Waals surface area (Å²) in [6.07, 6.45) is 9.10. The summed E-state index contributed by atoms with van der Waals surface area (Å²) in [5.74, 6) is 0. The molecule has 1 saturated heterocycles. The molecule has 0 atom stereocenters. The summed E-state index contributed by atoms with van der Waals surface area (Å²) >= 11 is 0. The van der Waals surface area contributed by atoms with E-state index in [9.17, 15) is 0 Å². The van der Waals surface area contributed by atoms with Crippen LogP contribution in [0.2, 0.25) is 0 Å². The summed E-state index contributed by atoms with van der Waals surface area (Å²) in [6, 6.07) is 2.09. The predicted molar refractivity (Wildman–Crippen MR) is 45.7 cm³/mol. The Labute approximate surface area is 67.2 Å². The number of hydrogen-bond donors (Lipinski definition) is 1. The molecule has 1 aromatic heterocycles. The van der Waals surface area contributed by atoms with Crippen LogP contribution in [0.25, 0.3) is 0 Å². The summed E-state index contributed by atoms with van der Waals surface area (Å²) in [6.45, 7) is 2.41. The van der Waals surface area contributed by atoms with Crippen molar-refractivity contribution in [1.29, 1.82) is 0 Å². The van der Waals surface area contributed by atoms with E-state index in [2.05, 4.69) is 22.1 Å². The van der Waals surface area contributed by atoms with E-state index in [1.54, 1.807) is 0 Å². The second-order valence-corrected chi connectivity index (χ2v) is 3.04. The summed E-state index contributed by atoms with van der Waals surface area (Å²) in [4.78, 5) is 5.35. The van der Waals surface area contributed by atoms with Crippen LogP contribution in [0.15, 0.2) is 12.3 Å². The van der Waals surface area contributed by atoms with Gasteiger partial charge in [-0.25, -0.2) is 0 Å². The maximum Gasteiger partial charge on any atom is 0.0878 e. The average Bonchev–Trinajstić information content (AvgIpc) is 2.58. The van der Waals surface area contributed by atoms with Crippen LogP contribution in [0.5, 0.6) is 0 Å². The number of H-pyrrole nitrogens is 1. The normalized spacial score (nSPS) is 18.7. The van der Waals surface area contributed by atoms with Crippen molar-refractivity contribution in [3.8, 4) is 0 Å². The van der Waals surface area contributed by atoms with E-state index in [4.69, 9.17) is 0 Å². The lowest BCUT2D eigenvalue weighted by Gasteiger charge is -2.27. The third-order valence-electron chi connectivity index (χ3n) is 2.22. The standard InChI is InChI=1S/C9H13N2/c1-2-6-11(7-3-1)9-4-5-10-8-9/h4-5,10H,1-3,6-7H2. The van der Waals surface area contributed by atoms with Gasteiger partial charge in [-0.3, -0.25) is 0 Å². The Kier molecular flexibility index (Phi) is 1.84. The van der Waals surface area contributed by atoms with Crippen LogP contribution in [0.4, 0.5) is 5.69 Å². The van der Waals surface area contributed by atoms with E-state index < -0.39 is 0 Å². The van der Waals surface area contributed by atoms with Gasteiger partial charge in [-0.05, 0) is 25.3 Å². The minimum absolute atomic E-state index is 1.20. The first-order chi connectivity index (χ1) is 5.47. The van der Waals surface area contributed by atoms with Crippen molar-refractivity contribution in [2.75, 3.05) is 18.0 Å². The second-order valence-electron chi connectivity index (χ2n) is 3.04. The SMILES string of the molecule is [c]1[nH]ccc1N1CCCCC1. The smallest absolute Gasteiger partial charge is 0.0878 e. The lowest BCUT2D eigenvalue weighted by atomic mass is 10.1. The number of nitrogens with zero attached hydrogens (tertiary/aromatic N) is 1. The summed E-state index contributed by atoms with van der Waals surface area (Å²) in [7, 11) is 0. The molecule has 0 amide bonds. The van der Waals surface area contributed by atoms with Crippen molar-refractivity contribution in [1.82, 2.24) is 4.98 Å². The Hall–Kier alpha value is -0.920. The number of nitrogens with one attached hydrogen (secondary N) is 1. The molecule has 11 heavy (non-hydrogen) atoms. The Morgan fingerprint density at radius 1 is 1.27 bits per heavy atom. The zero-order valence-electron chi connectivity index (χ0n) is 6.64. The molecule has 2 heterocycles. The molecule has 0 bridgehead atoms. The first-order valence-electron chi connectivity index (χ1n) is 4.27. The first kappa shape index (κ1) is 6.77. The zero-order valence-corrected chi connectivity index (χ0v) is 6.64. The zero-order chi connectivity index (χ0) is 7.52.